The van der Waals surface area contributed by atoms with Crippen molar-refractivity contribution in [1.82, 2.24) is 9.80 Å². The van der Waals surface area contributed by atoms with Crippen molar-refractivity contribution in [2.24, 2.45) is 5.73 Å². The molecule has 1 atom stereocenters. The summed E-state index contributed by atoms with van der Waals surface area (Å²) in [6, 6.07) is 18.2. The van der Waals surface area contributed by atoms with E-state index in [1.165, 1.54) is 9.80 Å². The molecule has 0 bridgehead atoms. The van der Waals surface area contributed by atoms with Gasteiger partial charge in [0.25, 0.3) is 0 Å². The van der Waals surface area contributed by atoms with Crippen LogP contribution in [0.3, 0.4) is 0 Å². The Bertz CT molecular complexity index is 848. The van der Waals surface area contributed by atoms with E-state index < -0.39 is 12.0 Å². The summed E-state index contributed by atoms with van der Waals surface area (Å²) in [6.45, 7) is 0.597. The van der Waals surface area contributed by atoms with Crippen LogP contribution in [0.25, 0.3) is 0 Å². The Hall–Kier alpha value is -2.90. The van der Waals surface area contributed by atoms with Crippen LogP contribution in [0.5, 0.6) is 0 Å². The third-order valence-electron chi connectivity index (χ3n) is 4.81. The number of benzene rings is 2. The van der Waals surface area contributed by atoms with Crippen LogP contribution in [-0.4, -0.2) is 59.8 Å². The van der Waals surface area contributed by atoms with Gasteiger partial charge >= 0.3 is 5.97 Å². The lowest BCUT2D eigenvalue weighted by Gasteiger charge is -2.35. The van der Waals surface area contributed by atoms with Crippen molar-refractivity contribution in [3.8, 4) is 0 Å². The number of piperazine rings is 1. The van der Waals surface area contributed by atoms with E-state index in [0.717, 1.165) is 11.1 Å². The number of hydrogen-bond acceptors (Lipinski definition) is 5. The lowest BCUT2D eigenvalue weighted by atomic mass is 10.1. The molecule has 0 unspecified atom stereocenters. The number of hydrogen-bond donors (Lipinski definition) is 1. The Labute approximate surface area is 182 Å². The van der Waals surface area contributed by atoms with Gasteiger partial charge in [-0.1, -0.05) is 60.7 Å². The average molecular weight is 432 g/mol. The summed E-state index contributed by atoms with van der Waals surface area (Å²) < 4.78 is 5.22. The topological polar surface area (TPSA) is 92.9 Å². The lowest BCUT2D eigenvalue weighted by Crippen LogP contribution is -2.56. The van der Waals surface area contributed by atoms with Crippen molar-refractivity contribution < 1.29 is 19.1 Å². The molecule has 2 aromatic carbocycles. The van der Waals surface area contributed by atoms with Gasteiger partial charge in [0.1, 0.15) is 13.2 Å². The fourth-order valence-corrected chi connectivity index (χ4v) is 3.19. The van der Waals surface area contributed by atoms with Crippen LogP contribution < -0.4 is 5.73 Å². The molecule has 0 aromatic heterocycles. The maximum absolute atomic E-state index is 12.6. The summed E-state index contributed by atoms with van der Waals surface area (Å²) in [5.74, 6) is -1.01. The molecule has 1 aliphatic rings. The second-order valence-corrected chi connectivity index (χ2v) is 7.02. The van der Waals surface area contributed by atoms with Crippen molar-refractivity contribution in [2.75, 3.05) is 26.2 Å². The fourth-order valence-electron chi connectivity index (χ4n) is 3.19. The van der Waals surface area contributed by atoms with Gasteiger partial charge in [0, 0.05) is 13.1 Å². The molecule has 1 fully saturated rings. The van der Waals surface area contributed by atoms with Crippen LogP contribution >= 0.6 is 12.4 Å². The van der Waals surface area contributed by atoms with E-state index in [2.05, 4.69) is 0 Å². The molecule has 7 nitrogen and oxygen atoms in total. The van der Waals surface area contributed by atoms with Crippen molar-refractivity contribution in [2.45, 2.75) is 19.1 Å². The van der Waals surface area contributed by atoms with E-state index in [1.807, 2.05) is 60.7 Å². The molecule has 2 N–H and O–H groups in total. The Balaban J connectivity index is 0.00000320. The molecule has 1 aliphatic heterocycles. The first-order chi connectivity index (χ1) is 14.0. The number of nitrogens with two attached hydrogens (primary N) is 1. The average Bonchev–Trinajstić information content (AvgIpc) is 2.74. The molecule has 1 heterocycles. The predicted molar refractivity (Wildman–Crippen MR) is 115 cm³/mol. The summed E-state index contributed by atoms with van der Waals surface area (Å²) in [5, 5.41) is 0. The molecule has 0 aliphatic carbocycles. The number of rotatable bonds is 7. The van der Waals surface area contributed by atoms with E-state index in [1.54, 1.807) is 0 Å². The molecule has 8 heteroatoms. The van der Waals surface area contributed by atoms with E-state index in [9.17, 15) is 14.4 Å². The van der Waals surface area contributed by atoms with Gasteiger partial charge in [-0.25, -0.2) is 0 Å². The number of amides is 2. The predicted octanol–water partition coefficient (Wildman–Crippen LogP) is 1.39. The highest BCUT2D eigenvalue weighted by Gasteiger charge is 2.31. The first-order valence-electron chi connectivity index (χ1n) is 9.58. The molecule has 1 saturated heterocycles. The van der Waals surface area contributed by atoms with Crippen LogP contribution in [0.15, 0.2) is 60.7 Å². The zero-order valence-corrected chi connectivity index (χ0v) is 17.4. The van der Waals surface area contributed by atoms with E-state index in [-0.39, 0.29) is 50.5 Å². The van der Waals surface area contributed by atoms with Gasteiger partial charge in [0.15, 0.2) is 0 Å². The van der Waals surface area contributed by atoms with Crippen LogP contribution in [-0.2, 0) is 32.1 Å². The Morgan fingerprint density at radius 3 is 2.17 bits per heavy atom. The molecule has 160 valence electrons. The van der Waals surface area contributed by atoms with Crippen LogP contribution in [0.1, 0.15) is 11.1 Å². The van der Waals surface area contributed by atoms with Crippen molar-refractivity contribution in [3.63, 3.8) is 0 Å². The maximum Gasteiger partial charge on any atom is 0.325 e. The van der Waals surface area contributed by atoms with Gasteiger partial charge in [-0.2, -0.15) is 0 Å². The number of ether oxygens (including phenoxy) is 1. The molecule has 3 rings (SSSR count). The fraction of sp³-hybridized carbons (Fsp3) is 0.318. The molecule has 0 radical (unpaired) electrons. The highest BCUT2D eigenvalue weighted by Crippen LogP contribution is 2.09. The Kier molecular flexibility index (Phi) is 8.83. The molecular weight excluding hydrogens is 406 g/mol. The molecular formula is C22H26ClN3O4. The smallest absolute Gasteiger partial charge is 0.325 e. The number of carbonyl (C=O) groups is 3. The molecule has 30 heavy (non-hydrogen) atoms. The van der Waals surface area contributed by atoms with E-state index >= 15 is 0 Å². The minimum Gasteiger partial charge on any atom is -0.459 e. The quantitative estimate of drug-likeness (QED) is 0.669. The van der Waals surface area contributed by atoms with Crippen LogP contribution in [0.2, 0.25) is 0 Å². The Morgan fingerprint density at radius 2 is 1.57 bits per heavy atom. The van der Waals surface area contributed by atoms with Gasteiger partial charge in [-0.05, 0) is 17.5 Å². The third kappa shape index (κ3) is 6.57. The van der Waals surface area contributed by atoms with Crippen molar-refractivity contribution >= 4 is 30.2 Å². The summed E-state index contributed by atoms with van der Waals surface area (Å²) in [7, 11) is 0. The summed E-state index contributed by atoms with van der Waals surface area (Å²) in [4.78, 5) is 39.9. The normalized spacial score (nSPS) is 14.6. The van der Waals surface area contributed by atoms with Gasteiger partial charge in [0.2, 0.25) is 11.8 Å². The largest absolute Gasteiger partial charge is 0.459 e. The zero-order valence-electron chi connectivity index (χ0n) is 16.6. The highest BCUT2D eigenvalue weighted by molar-refractivity contribution is 5.90. The van der Waals surface area contributed by atoms with E-state index in [4.69, 9.17) is 10.5 Å². The summed E-state index contributed by atoms with van der Waals surface area (Å²) in [6.07, 6.45) is 0.417. The SMILES string of the molecule is Cl.N[C@@H](Cc1ccccc1)C(=O)N1CCN(CC(=O)OCc2ccccc2)C(=O)C1. The zero-order chi connectivity index (χ0) is 20.6. The minimum absolute atomic E-state index is 0. The van der Waals surface area contributed by atoms with Gasteiger partial charge in [0.05, 0.1) is 12.6 Å². The van der Waals surface area contributed by atoms with Gasteiger partial charge in [-0.15, -0.1) is 12.4 Å². The lowest BCUT2D eigenvalue weighted by molar-refractivity contribution is -0.154. The van der Waals surface area contributed by atoms with Gasteiger partial charge in [-0.3, -0.25) is 14.4 Å². The molecule has 2 aromatic rings. The second-order valence-electron chi connectivity index (χ2n) is 7.02. The Morgan fingerprint density at radius 1 is 0.967 bits per heavy atom. The highest BCUT2D eigenvalue weighted by atomic mass is 35.5. The standard InChI is InChI=1S/C22H25N3O4.ClH/c23-19(13-17-7-3-1-4-8-17)22(28)25-12-11-24(20(26)14-25)15-21(27)29-16-18-9-5-2-6-10-18;/h1-10,19H,11-16,23H2;1H/t19-;/m0./s1. The van der Waals surface area contributed by atoms with Crippen molar-refractivity contribution in [3.05, 3.63) is 71.8 Å². The second kappa shape index (κ2) is 11.3. The van der Waals surface area contributed by atoms with Crippen LogP contribution in [0, 0.1) is 0 Å². The summed E-state index contributed by atoms with van der Waals surface area (Å²) in [5.41, 5.74) is 7.90. The third-order valence-corrected chi connectivity index (χ3v) is 4.81. The first kappa shape index (κ1) is 23.4. The number of nitrogens with zero attached hydrogens (tertiary/aromatic N) is 2. The molecule has 0 saturated carbocycles. The summed E-state index contributed by atoms with van der Waals surface area (Å²) >= 11 is 0. The minimum atomic E-state index is -0.701. The van der Waals surface area contributed by atoms with Crippen LogP contribution in [0.4, 0.5) is 0 Å². The van der Waals surface area contributed by atoms with Gasteiger partial charge < -0.3 is 20.3 Å². The van der Waals surface area contributed by atoms with Crippen molar-refractivity contribution in [1.29, 1.82) is 0 Å². The number of carbonyl (C=O) groups excluding carboxylic acids is 3. The van der Waals surface area contributed by atoms with E-state index in [0.29, 0.717) is 13.0 Å². The molecule has 2 amide bonds. The number of halogens is 1. The monoisotopic (exact) mass is 431 g/mol. The maximum atomic E-state index is 12.6. The first-order valence-corrected chi connectivity index (χ1v) is 9.58. The molecule has 0 spiro atoms. The number of esters is 1.